The molecule has 0 radical (unpaired) electrons. The minimum atomic E-state index is -0.108. The predicted octanol–water partition coefficient (Wildman–Crippen LogP) is 1.89. The second-order valence-corrected chi connectivity index (χ2v) is 5.82. The molecule has 0 spiro atoms. The van der Waals surface area contributed by atoms with Crippen LogP contribution in [0.15, 0.2) is 0 Å². The summed E-state index contributed by atoms with van der Waals surface area (Å²) in [4.78, 5) is 0. The second kappa shape index (κ2) is 12.4. The minimum Gasteiger partial charge on any atom is -0.396 e. The van der Waals surface area contributed by atoms with Gasteiger partial charge in [-0.1, -0.05) is 32.6 Å². The molecular weight excluding hydrogens is 272 g/mol. The molecule has 0 aliphatic carbocycles. The van der Waals surface area contributed by atoms with Gasteiger partial charge in [0.25, 0.3) is 0 Å². The van der Waals surface area contributed by atoms with Crippen molar-refractivity contribution in [1.82, 2.24) is 0 Å². The first kappa shape index (κ1) is 18.8. The van der Waals surface area contributed by atoms with Crippen LogP contribution in [0.1, 0.15) is 51.9 Å². The van der Waals surface area contributed by atoms with Gasteiger partial charge in [0.1, 0.15) is 12.2 Å². The quantitative estimate of drug-likeness (QED) is 0.425. The predicted molar refractivity (Wildman–Crippen MR) is 81.4 cm³/mol. The number of unbranched alkanes of at least 4 members (excludes halogenated alkanes) is 3. The van der Waals surface area contributed by atoms with Crippen molar-refractivity contribution in [1.29, 1.82) is 0 Å². The largest absolute Gasteiger partial charge is 0.396 e. The van der Waals surface area contributed by atoms with Crippen LogP contribution in [0.4, 0.5) is 0 Å². The summed E-state index contributed by atoms with van der Waals surface area (Å²) >= 11 is 0. The summed E-state index contributed by atoms with van der Waals surface area (Å²) in [6, 6.07) is 0. The molecule has 2 aliphatic rings. The van der Waals surface area contributed by atoms with Crippen molar-refractivity contribution >= 4 is 0 Å². The first-order valence-electron chi connectivity index (χ1n) is 8.36. The molecule has 3 unspecified atom stereocenters. The van der Waals surface area contributed by atoms with Crippen LogP contribution in [0.25, 0.3) is 0 Å². The summed E-state index contributed by atoms with van der Waals surface area (Å²) in [6.07, 6.45) is 7.77. The third-order valence-corrected chi connectivity index (χ3v) is 3.50. The molecule has 0 aromatic rings. The Hall–Kier alpha value is -0.200. The smallest absolute Gasteiger partial charge is 0.104 e. The molecule has 0 aromatic heterocycles. The van der Waals surface area contributed by atoms with E-state index in [4.69, 9.17) is 19.3 Å². The van der Waals surface area contributed by atoms with E-state index in [0.717, 1.165) is 71.4 Å². The molecule has 0 saturated carbocycles. The van der Waals surface area contributed by atoms with Crippen molar-refractivity contribution in [2.24, 2.45) is 0 Å². The molecule has 126 valence electrons. The average molecular weight is 304 g/mol. The fourth-order valence-corrected chi connectivity index (χ4v) is 1.91. The van der Waals surface area contributed by atoms with Crippen molar-refractivity contribution < 1.29 is 24.4 Å². The number of aliphatic hydroxyl groups is 2. The standard InChI is InChI=1S/C10H22O2.C6H10O3/c1-2-3-7-10(12)8-5-4-6-9-11;1(5-3-8-5)7-2-6-4-9-6/h10-12H,2-9H2,1H3;5-6H,1-4H2. The van der Waals surface area contributed by atoms with Crippen LogP contribution in [0.3, 0.4) is 0 Å². The fourth-order valence-electron chi connectivity index (χ4n) is 1.91. The molecule has 0 bridgehead atoms. The van der Waals surface area contributed by atoms with Crippen molar-refractivity contribution in [2.75, 3.05) is 33.0 Å². The Labute approximate surface area is 128 Å². The van der Waals surface area contributed by atoms with Crippen LogP contribution in [0, 0.1) is 0 Å². The molecule has 0 aromatic carbocycles. The van der Waals surface area contributed by atoms with Crippen LogP contribution >= 0.6 is 0 Å². The lowest BCUT2D eigenvalue weighted by Crippen LogP contribution is -2.06. The zero-order valence-corrected chi connectivity index (χ0v) is 13.3. The van der Waals surface area contributed by atoms with Crippen molar-refractivity contribution in [3.8, 4) is 0 Å². The van der Waals surface area contributed by atoms with Gasteiger partial charge in [0, 0.05) is 6.61 Å². The Balaban J connectivity index is 0.000000216. The minimum absolute atomic E-state index is 0.108. The number of ether oxygens (including phenoxy) is 3. The molecule has 2 saturated heterocycles. The number of hydrogen-bond acceptors (Lipinski definition) is 5. The highest BCUT2D eigenvalue weighted by Crippen LogP contribution is 2.12. The molecule has 0 amide bonds. The first-order valence-corrected chi connectivity index (χ1v) is 8.36. The highest BCUT2D eigenvalue weighted by Gasteiger charge is 2.26. The van der Waals surface area contributed by atoms with Gasteiger partial charge >= 0.3 is 0 Å². The number of epoxide rings is 2. The fraction of sp³-hybridized carbons (Fsp3) is 1.00. The summed E-state index contributed by atoms with van der Waals surface area (Å²) in [5.74, 6) is 0. The molecule has 3 atom stereocenters. The molecule has 5 nitrogen and oxygen atoms in total. The Morgan fingerprint density at radius 3 is 2.05 bits per heavy atom. The molecule has 2 aliphatic heterocycles. The number of aliphatic hydroxyl groups excluding tert-OH is 2. The zero-order valence-electron chi connectivity index (χ0n) is 13.3. The van der Waals surface area contributed by atoms with E-state index >= 15 is 0 Å². The second-order valence-electron chi connectivity index (χ2n) is 5.82. The van der Waals surface area contributed by atoms with Gasteiger partial charge in [-0.3, -0.25) is 0 Å². The van der Waals surface area contributed by atoms with Crippen LogP contribution in [0.5, 0.6) is 0 Å². The van der Waals surface area contributed by atoms with Crippen molar-refractivity contribution in [2.45, 2.75) is 70.2 Å². The highest BCUT2D eigenvalue weighted by molar-refractivity contribution is 4.71. The lowest BCUT2D eigenvalue weighted by atomic mass is 10.1. The van der Waals surface area contributed by atoms with E-state index in [-0.39, 0.29) is 12.7 Å². The van der Waals surface area contributed by atoms with Crippen LogP contribution in [-0.2, 0) is 14.2 Å². The number of rotatable bonds is 12. The normalized spacial score (nSPS) is 24.1. The van der Waals surface area contributed by atoms with Gasteiger partial charge in [0.05, 0.1) is 32.5 Å². The van der Waals surface area contributed by atoms with Gasteiger partial charge in [-0.25, -0.2) is 0 Å². The van der Waals surface area contributed by atoms with E-state index in [1.807, 2.05) is 0 Å². The number of hydrogen-bond donors (Lipinski definition) is 2. The maximum atomic E-state index is 9.42. The van der Waals surface area contributed by atoms with E-state index in [2.05, 4.69) is 6.92 Å². The first-order chi connectivity index (χ1) is 10.3. The molecule has 2 rings (SSSR count). The summed E-state index contributed by atoms with van der Waals surface area (Å²) in [6.45, 7) is 5.68. The van der Waals surface area contributed by atoms with Gasteiger partial charge in [-0.05, 0) is 19.3 Å². The molecule has 2 fully saturated rings. The molecule has 2 heterocycles. The lowest BCUT2D eigenvalue weighted by Gasteiger charge is -2.08. The monoisotopic (exact) mass is 304 g/mol. The van der Waals surface area contributed by atoms with E-state index in [9.17, 15) is 5.11 Å². The molecule has 5 heteroatoms. The topological polar surface area (TPSA) is 74.8 Å². The summed E-state index contributed by atoms with van der Waals surface area (Å²) in [7, 11) is 0. The van der Waals surface area contributed by atoms with Crippen LogP contribution in [-0.4, -0.2) is 61.6 Å². The van der Waals surface area contributed by atoms with Crippen LogP contribution in [0.2, 0.25) is 0 Å². The maximum absolute atomic E-state index is 9.42. The van der Waals surface area contributed by atoms with Crippen LogP contribution < -0.4 is 0 Å². The third-order valence-electron chi connectivity index (χ3n) is 3.50. The van der Waals surface area contributed by atoms with Gasteiger partial charge < -0.3 is 24.4 Å². The van der Waals surface area contributed by atoms with Crippen molar-refractivity contribution in [3.05, 3.63) is 0 Å². The maximum Gasteiger partial charge on any atom is 0.104 e. The van der Waals surface area contributed by atoms with E-state index in [1.54, 1.807) is 0 Å². The summed E-state index contributed by atoms with van der Waals surface area (Å²) < 4.78 is 15.1. The molecule has 21 heavy (non-hydrogen) atoms. The van der Waals surface area contributed by atoms with Gasteiger partial charge in [0.15, 0.2) is 0 Å². The SMILES string of the molecule is C(OCC1CO1)C1CO1.CCCCC(O)CCCCCO. The summed E-state index contributed by atoms with van der Waals surface area (Å²) in [5, 5.41) is 17.9. The average Bonchev–Trinajstić information content (AvgIpc) is 3.36. The van der Waals surface area contributed by atoms with E-state index in [0.29, 0.717) is 12.2 Å². The van der Waals surface area contributed by atoms with Crippen molar-refractivity contribution in [3.63, 3.8) is 0 Å². The van der Waals surface area contributed by atoms with E-state index in [1.165, 1.54) is 0 Å². The highest BCUT2D eigenvalue weighted by atomic mass is 16.6. The molecule has 2 N–H and O–H groups in total. The van der Waals surface area contributed by atoms with E-state index < -0.39 is 0 Å². The van der Waals surface area contributed by atoms with Gasteiger partial charge in [-0.2, -0.15) is 0 Å². The summed E-state index contributed by atoms with van der Waals surface area (Å²) in [5.41, 5.74) is 0. The Kier molecular flexibility index (Phi) is 11.1. The zero-order chi connectivity index (χ0) is 15.3. The Bertz CT molecular complexity index is 217. The lowest BCUT2D eigenvalue weighted by molar-refractivity contribution is 0.102. The Morgan fingerprint density at radius 1 is 1.00 bits per heavy atom. The van der Waals surface area contributed by atoms with Gasteiger partial charge in [0.2, 0.25) is 0 Å². The molecular formula is C16H32O5. The Morgan fingerprint density at radius 2 is 1.57 bits per heavy atom. The third kappa shape index (κ3) is 13.2. The van der Waals surface area contributed by atoms with Gasteiger partial charge in [-0.15, -0.1) is 0 Å².